The minimum Gasteiger partial charge on any atom is -0.369 e. The molecule has 0 spiro atoms. The van der Waals surface area contributed by atoms with Crippen molar-refractivity contribution in [3.8, 4) is 0 Å². The van der Waals surface area contributed by atoms with Crippen LogP contribution in [0.25, 0.3) is 5.70 Å². The molecule has 0 amide bonds. The van der Waals surface area contributed by atoms with Gasteiger partial charge in [0.15, 0.2) is 0 Å². The van der Waals surface area contributed by atoms with Crippen LogP contribution in [0.4, 0.5) is 0 Å². The largest absolute Gasteiger partial charge is 0.369 e. The van der Waals surface area contributed by atoms with Gasteiger partial charge in [-0.15, -0.1) is 0 Å². The molecule has 29 heavy (non-hydrogen) atoms. The van der Waals surface area contributed by atoms with Crippen molar-refractivity contribution < 1.29 is 0 Å². The van der Waals surface area contributed by atoms with Crippen LogP contribution in [0.1, 0.15) is 42.5 Å². The molecule has 4 heteroatoms. The monoisotopic (exact) mass is 409 g/mol. The molecule has 0 radical (unpaired) electrons. The van der Waals surface area contributed by atoms with E-state index < -0.39 is 0 Å². The van der Waals surface area contributed by atoms with E-state index >= 15 is 0 Å². The number of nitrogens with one attached hydrogen (secondary N) is 1. The summed E-state index contributed by atoms with van der Waals surface area (Å²) >= 11 is 6.03. The van der Waals surface area contributed by atoms with E-state index in [1.807, 2.05) is 12.1 Å². The molecule has 1 N–H and O–H groups in total. The molecule has 0 bridgehead atoms. The maximum Gasteiger partial charge on any atom is 0.0406 e. The SMILES string of the molecule is C=C(c1cccc2c1CN(C(C)(C)CCc1ccc(Cl)cc1)C2)N1CCNCC1. The maximum atomic E-state index is 6.03. The normalized spacial score (nSPS) is 17.4. The molecule has 2 aromatic carbocycles. The summed E-state index contributed by atoms with van der Waals surface area (Å²) in [6.45, 7) is 15.4. The predicted octanol–water partition coefficient (Wildman–Crippen LogP) is 4.94. The van der Waals surface area contributed by atoms with Gasteiger partial charge in [-0.2, -0.15) is 0 Å². The van der Waals surface area contributed by atoms with Crippen LogP contribution >= 0.6 is 11.6 Å². The summed E-state index contributed by atoms with van der Waals surface area (Å²) in [7, 11) is 0. The van der Waals surface area contributed by atoms with Crippen LogP contribution in [0.5, 0.6) is 0 Å². The maximum absolute atomic E-state index is 6.03. The van der Waals surface area contributed by atoms with Crippen LogP contribution in [0, 0.1) is 0 Å². The smallest absolute Gasteiger partial charge is 0.0406 e. The molecule has 2 aliphatic heterocycles. The fourth-order valence-corrected chi connectivity index (χ4v) is 4.61. The molecule has 2 heterocycles. The zero-order valence-electron chi connectivity index (χ0n) is 17.7. The lowest BCUT2D eigenvalue weighted by Crippen LogP contribution is -2.42. The summed E-state index contributed by atoms with van der Waals surface area (Å²) < 4.78 is 0. The standard InChI is InChI=1S/C25H32ClN3/c1-19(28-15-13-27-14-16-28)23-6-4-5-21-17-29(18-24(21)23)25(2,3)12-11-20-7-9-22(26)10-8-20/h4-10,27H,1,11-18H2,2-3H3. The Morgan fingerprint density at radius 1 is 1.07 bits per heavy atom. The van der Waals surface area contributed by atoms with Crippen molar-refractivity contribution in [2.24, 2.45) is 0 Å². The van der Waals surface area contributed by atoms with Crippen molar-refractivity contribution in [1.29, 1.82) is 0 Å². The van der Waals surface area contributed by atoms with E-state index in [2.05, 4.69) is 65.9 Å². The second-order valence-corrected chi connectivity index (χ2v) is 9.36. The number of hydrogen-bond acceptors (Lipinski definition) is 3. The topological polar surface area (TPSA) is 18.5 Å². The highest BCUT2D eigenvalue weighted by Crippen LogP contribution is 2.36. The third kappa shape index (κ3) is 4.53. The first kappa shape index (κ1) is 20.5. The van der Waals surface area contributed by atoms with Gasteiger partial charge in [0.05, 0.1) is 0 Å². The highest BCUT2D eigenvalue weighted by atomic mass is 35.5. The predicted molar refractivity (Wildman–Crippen MR) is 123 cm³/mol. The number of benzene rings is 2. The zero-order valence-corrected chi connectivity index (χ0v) is 18.4. The second-order valence-electron chi connectivity index (χ2n) is 8.92. The van der Waals surface area contributed by atoms with Gasteiger partial charge in [0, 0.05) is 61.1 Å². The van der Waals surface area contributed by atoms with Gasteiger partial charge in [-0.05, 0) is 55.5 Å². The van der Waals surface area contributed by atoms with Crippen molar-refractivity contribution in [2.75, 3.05) is 26.2 Å². The Labute approximate surface area is 180 Å². The molecule has 2 aliphatic rings. The lowest BCUT2D eigenvalue weighted by molar-refractivity contribution is 0.109. The van der Waals surface area contributed by atoms with Crippen LogP contribution < -0.4 is 5.32 Å². The minimum atomic E-state index is 0.131. The third-order valence-electron chi connectivity index (χ3n) is 6.59. The average Bonchev–Trinajstić information content (AvgIpc) is 3.19. The second kappa shape index (κ2) is 8.51. The Balaban J connectivity index is 1.46. The summed E-state index contributed by atoms with van der Waals surface area (Å²) in [5.41, 5.74) is 6.93. The van der Waals surface area contributed by atoms with Gasteiger partial charge in [-0.3, -0.25) is 4.90 Å². The molecular formula is C25H32ClN3. The molecule has 1 saturated heterocycles. The van der Waals surface area contributed by atoms with Crippen LogP contribution in [0.15, 0.2) is 49.0 Å². The Morgan fingerprint density at radius 3 is 2.52 bits per heavy atom. The molecule has 4 rings (SSSR count). The zero-order chi connectivity index (χ0) is 20.4. The summed E-state index contributed by atoms with van der Waals surface area (Å²) in [6.07, 6.45) is 2.19. The van der Waals surface area contributed by atoms with Gasteiger partial charge in [-0.25, -0.2) is 0 Å². The van der Waals surface area contributed by atoms with E-state index in [4.69, 9.17) is 11.6 Å². The summed E-state index contributed by atoms with van der Waals surface area (Å²) in [4.78, 5) is 5.06. The van der Waals surface area contributed by atoms with Gasteiger partial charge in [0.25, 0.3) is 0 Å². The molecule has 0 atom stereocenters. The van der Waals surface area contributed by atoms with Crippen LogP contribution in [-0.2, 0) is 19.5 Å². The van der Waals surface area contributed by atoms with Crippen molar-refractivity contribution >= 4 is 17.3 Å². The van der Waals surface area contributed by atoms with Gasteiger partial charge < -0.3 is 10.2 Å². The Morgan fingerprint density at radius 2 is 1.79 bits per heavy atom. The molecule has 154 valence electrons. The first-order chi connectivity index (χ1) is 13.9. The van der Waals surface area contributed by atoms with Crippen molar-refractivity contribution in [3.05, 3.63) is 76.3 Å². The number of fused-ring (bicyclic) bond motifs is 1. The number of nitrogens with zero attached hydrogens (tertiary/aromatic N) is 2. The highest BCUT2D eigenvalue weighted by Gasteiger charge is 2.33. The van der Waals surface area contributed by atoms with E-state index in [0.29, 0.717) is 0 Å². The van der Waals surface area contributed by atoms with E-state index in [-0.39, 0.29) is 5.54 Å². The molecule has 2 aromatic rings. The number of rotatable bonds is 6. The van der Waals surface area contributed by atoms with E-state index in [0.717, 1.165) is 57.1 Å². The summed E-state index contributed by atoms with van der Waals surface area (Å²) in [5, 5.41) is 4.24. The fourth-order valence-electron chi connectivity index (χ4n) is 4.48. The molecule has 1 fully saturated rings. The van der Waals surface area contributed by atoms with E-state index in [9.17, 15) is 0 Å². The third-order valence-corrected chi connectivity index (χ3v) is 6.84. The molecule has 3 nitrogen and oxygen atoms in total. The van der Waals surface area contributed by atoms with Gasteiger partial charge in [0.2, 0.25) is 0 Å². The molecule has 0 unspecified atom stereocenters. The van der Waals surface area contributed by atoms with Crippen LogP contribution in [0.3, 0.4) is 0 Å². The Bertz CT molecular complexity index is 866. The van der Waals surface area contributed by atoms with Crippen molar-refractivity contribution in [3.63, 3.8) is 0 Å². The van der Waals surface area contributed by atoms with Crippen LogP contribution in [-0.4, -0.2) is 41.5 Å². The quantitative estimate of drug-likeness (QED) is 0.728. The summed E-state index contributed by atoms with van der Waals surface area (Å²) in [6, 6.07) is 15.0. The number of hydrogen-bond donors (Lipinski definition) is 1. The van der Waals surface area contributed by atoms with Gasteiger partial charge in [0.1, 0.15) is 0 Å². The molecule has 0 aliphatic carbocycles. The lowest BCUT2D eigenvalue weighted by atomic mass is 9.93. The number of halogens is 1. The first-order valence-corrected chi connectivity index (χ1v) is 11.1. The first-order valence-electron chi connectivity index (χ1n) is 10.7. The minimum absolute atomic E-state index is 0.131. The van der Waals surface area contributed by atoms with E-state index in [1.54, 1.807) is 0 Å². The average molecular weight is 410 g/mol. The lowest BCUT2D eigenvalue weighted by Gasteiger charge is -2.36. The van der Waals surface area contributed by atoms with Crippen molar-refractivity contribution in [2.45, 2.75) is 45.3 Å². The van der Waals surface area contributed by atoms with Crippen molar-refractivity contribution in [1.82, 2.24) is 15.1 Å². The fraction of sp³-hybridized carbons (Fsp3) is 0.440. The van der Waals surface area contributed by atoms with E-state index in [1.165, 1.54) is 28.0 Å². The summed E-state index contributed by atoms with van der Waals surface area (Å²) in [5.74, 6) is 0. The van der Waals surface area contributed by atoms with Crippen LogP contribution in [0.2, 0.25) is 5.02 Å². The Kier molecular flexibility index (Phi) is 6.00. The highest BCUT2D eigenvalue weighted by molar-refractivity contribution is 6.30. The number of aryl methyl sites for hydroxylation is 1. The molecule has 0 aromatic heterocycles. The van der Waals surface area contributed by atoms with Gasteiger partial charge in [-0.1, -0.05) is 48.5 Å². The number of piperazine rings is 1. The molecule has 0 saturated carbocycles. The Hall–Kier alpha value is -1.81. The van der Waals surface area contributed by atoms with Gasteiger partial charge >= 0.3 is 0 Å². The molecular weight excluding hydrogens is 378 g/mol.